The number of hydrogen-bond donors (Lipinski definition) is 2. The molecule has 0 unspecified atom stereocenters. The first kappa shape index (κ1) is 15.8. The van der Waals surface area contributed by atoms with Gasteiger partial charge in [0.15, 0.2) is 0 Å². The smallest absolute Gasteiger partial charge is 0.251 e. The molecule has 1 heterocycles. The standard InChI is InChI=1S/C16H14BrNO2S/c1-11-4-5-13(7-12(11)3-2-6-19)16(20)18-9-15-8-14(17)10-21-15/h4-5,7-8,10,19H,6,9H2,1H3,(H,18,20). The summed E-state index contributed by atoms with van der Waals surface area (Å²) >= 11 is 4.98. The summed E-state index contributed by atoms with van der Waals surface area (Å²) in [6.45, 7) is 2.23. The summed E-state index contributed by atoms with van der Waals surface area (Å²) in [5.74, 6) is 5.32. The average Bonchev–Trinajstić information content (AvgIpc) is 2.89. The highest BCUT2D eigenvalue weighted by atomic mass is 79.9. The summed E-state index contributed by atoms with van der Waals surface area (Å²) < 4.78 is 1.02. The van der Waals surface area contributed by atoms with Gasteiger partial charge in [0.05, 0.1) is 6.54 Å². The van der Waals surface area contributed by atoms with Crippen molar-refractivity contribution in [1.82, 2.24) is 5.32 Å². The van der Waals surface area contributed by atoms with Crippen molar-refractivity contribution >= 4 is 33.2 Å². The first-order valence-corrected chi connectivity index (χ1v) is 7.99. The Bertz CT molecular complexity index is 713. The molecule has 108 valence electrons. The number of aliphatic hydroxyl groups excluding tert-OH is 1. The Labute approximate surface area is 136 Å². The van der Waals surface area contributed by atoms with Crippen LogP contribution >= 0.6 is 27.3 Å². The van der Waals surface area contributed by atoms with E-state index in [4.69, 9.17) is 5.11 Å². The van der Waals surface area contributed by atoms with Gasteiger partial charge >= 0.3 is 0 Å². The SMILES string of the molecule is Cc1ccc(C(=O)NCc2cc(Br)cs2)cc1C#CCO. The molecule has 2 N–H and O–H groups in total. The first-order chi connectivity index (χ1) is 10.1. The fourth-order valence-electron chi connectivity index (χ4n) is 1.75. The van der Waals surface area contributed by atoms with E-state index in [1.165, 1.54) is 0 Å². The second kappa shape index (κ2) is 7.41. The Morgan fingerprint density at radius 3 is 2.90 bits per heavy atom. The molecular formula is C16H14BrNO2S. The van der Waals surface area contributed by atoms with Crippen LogP contribution in [0.25, 0.3) is 0 Å². The van der Waals surface area contributed by atoms with Gasteiger partial charge in [0, 0.05) is 25.9 Å². The van der Waals surface area contributed by atoms with Crippen molar-refractivity contribution in [2.24, 2.45) is 0 Å². The van der Waals surface area contributed by atoms with Crippen molar-refractivity contribution < 1.29 is 9.90 Å². The minimum Gasteiger partial charge on any atom is -0.384 e. The van der Waals surface area contributed by atoms with Crippen LogP contribution in [-0.2, 0) is 6.54 Å². The van der Waals surface area contributed by atoms with E-state index >= 15 is 0 Å². The summed E-state index contributed by atoms with van der Waals surface area (Å²) in [5.41, 5.74) is 2.31. The lowest BCUT2D eigenvalue weighted by molar-refractivity contribution is 0.0951. The van der Waals surface area contributed by atoms with Gasteiger partial charge in [-0.3, -0.25) is 4.79 Å². The molecule has 0 radical (unpaired) electrons. The van der Waals surface area contributed by atoms with E-state index in [-0.39, 0.29) is 12.5 Å². The van der Waals surface area contributed by atoms with Crippen molar-refractivity contribution in [1.29, 1.82) is 0 Å². The summed E-state index contributed by atoms with van der Waals surface area (Å²) in [4.78, 5) is 13.2. The normalized spacial score (nSPS) is 9.86. The highest BCUT2D eigenvalue weighted by Gasteiger charge is 2.08. The molecule has 0 bridgehead atoms. The third kappa shape index (κ3) is 4.43. The second-order valence-corrected chi connectivity index (χ2v) is 6.31. The van der Waals surface area contributed by atoms with Crippen LogP contribution in [0.3, 0.4) is 0 Å². The van der Waals surface area contributed by atoms with Gasteiger partial charge < -0.3 is 10.4 Å². The number of halogens is 1. The number of nitrogens with one attached hydrogen (secondary N) is 1. The Morgan fingerprint density at radius 2 is 2.24 bits per heavy atom. The van der Waals surface area contributed by atoms with E-state index in [1.807, 2.05) is 24.4 Å². The van der Waals surface area contributed by atoms with Crippen LogP contribution in [0.1, 0.15) is 26.4 Å². The number of aryl methyl sites for hydroxylation is 1. The number of carbonyl (C=O) groups excluding carboxylic acids is 1. The largest absolute Gasteiger partial charge is 0.384 e. The molecule has 0 saturated heterocycles. The molecule has 0 spiro atoms. The lowest BCUT2D eigenvalue weighted by Crippen LogP contribution is -2.22. The van der Waals surface area contributed by atoms with E-state index in [0.29, 0.717) is 12.1 Å². The van der Waals surface area contributed by atoms with Gasteiger partial charge in [0.1, 0.15) is 6.61 Å². The molecule has 1 aromatic heterocycles. The molecular weight excluding hydrogens is 350 g/mol. The Morgan fingerprint density at radius 1 is 1.43 bits per heavy atom. The van der Waals surface area contributed by atoms with Crippen LogP contribution in [0.5, 0.6) is 0 Å². The van der Waals surface area contributed by atoms with Crippen molar-refractivity contribution in [3.05, 3.63) is 55.7 Å². The zero-order valence-corrected chi connectivity index (χ0v) is 13.8. The number of carbonyl (C=O) groups is 1. The number of amides is 1. The quantitative estimate of drug-likeness (QED) is 0.823. The Balaban J connectivity index is 2.08. The van der Waals surface area contributed by atoms with Gasteiger partial charge in [0.2, 0.25) is 0 Å². The number of aliphatic hydroxyl groups is 1. The van der Waals surface area contributed by atoms with Crippen LogP contribution in [0, 0.1) is 18.8 Å². The van der Waals surface area contributed by atoms with Crippen LogP contribution in [0.2, 0.25) is 0 Å². The highest BCUT2D eigenvalue weighted by Crippen LogP contribution is 2.19. The molecule has 0 aliphatic heterocycles. The molecule has 3 nitrogen and oxygen atoms in total. The fraction of sp³-hybridized carbons (Fsp3) is 0.188. The number of thiophene rings is 1. The molecule has 5 heteroatoms. The molecule has 0 saturated carbocycles. The maximum absolute atomic E-state index is 12.1. The van der Waals surface area contributed by atoms with Gasteiger partial charge in [-0.25, -0.2) is 0 Å². The molecule has 1 aromatic carbocycles. The van der Waals surface area contributed by atoms with E-state index < -0.39 is 0 Å². The summed E-state index contributed by atoms with van der Waals surface area (Å²) in [7, 11) is 0. The van der Waals surface area contributed by atoms with Crippen LogP contribution < -0.4 is 5.32 Å². The molecule has 0 atom stereocenters. The highest BCUT2D eigenvalue weighted by molar-refractivity contribution is 9.10. The molecule has 2 aromatic rings. The van der Waals surface area contributed by atoms with Crippen molar-refractivity contribution in [2.75, 3.05) is 6.61 Å². The predicted octanol–water partition coefficient (Wildman–Crippen LogP) is 3.09. The molecule has 0 aliphatic rings. The first-order valence-electron chi connectivity index (χ1n) is 6.31. The Kier molecular flexibility index (Phi) is 5.57. The summed E-state index contributed by atoms with van der Waals surface area (Å²) in [6, 6.07) is 7.37. The number of benzene rings is 1. The maximum atomic E-state index is 12.1. The van der Waals surface area contributed by atoms with E-state index in [1.54, 1.807) is 23.5 Å². The van der Waals surface area contributed by atoms with Gasteiger partial charge in [-0.2, -0.15) is 0 Å². The molecule has 0 aliphatic carbocycles. The van der Waals surface area contributed by atoms with E-state index in [2.05, 4.69) is 33.1 Å². The zero-order chi connectivity index (χ0) is 15.2. The topological polar surface area (TPSA) is 49.3 Å². The molecule has 1 amide bonds. The molecule has 0 fully saturated rings. The minimum absolute atomic E-state index is 0.133. The molecule has 2 rings (SSSR count). The Hall–Kier alpha value is -1.61. The summed E-state index contributed by atoms with van der Waals surface area (Å²) in [5, 5.41) is 13.6. The fourth-order valence-corrected chi connectivity index (χ4v) is 3.14. The third-order valence-electron chi connectivity index (χ3n) is 2.85. The van der Waals surface area contributed by atoms with Crippen LogP contribution in [0.15, 0.2) is 34.1 Å². The third-order valence-corrected chi connectivity index (χ3v) is 4.54. The number of rotatable bonds is 3. The van der Waals surface area contributed by atoms with E-state index in [0.717, 1.165) is 20.5 Å². The lowest BCUT2D eigenvalue weighted by atomic mass is 10.0. The van der Waals surface area contributed by atoms with Crippen LogP contribution in [0.4, 0.5) is 0 Å². The zero-order valence-electron chi connectivity index (χ0n) is 11.4. The summed E-state index contributed by atoms with van der Waals surface area (Å²) in [6.07, 6.45) is 0. The van der Waals surface area contributed by atoms with Gasteiger partial charge in [0.25, 0.3) is 5.91 Å². The number of hydrogen-bond acceptors (Lipinski definition) is 3. The van der Waals surface area contributed by atoms with Gasteiger partial charge in [-0.1, -0.05) is 17.9 Å². The molecule has 21 heavy (non-hydrogen) atoms. The lowest BCUT2D eigenvalue weighted by Gasteiger charge is -2.06. The van der Waals surface area contributed by atoms with Crippen molar-refractivity contribution in [3.8, 4) is 11.8 Å². The van der Waals surface area contributed by atoms with Crippen molar-refractivity contribution in [3.63, 3.8) is 0 Å². The van der Waals surface area contributed by atoms with E-state index in [9.17, 15) is 4.79 Å². The van der Waals surface area contributed by atoms with Crippen LogP contribution in [-0.4, -0.2) is 17.6 Å². The van der Waals surface area contributed by atoms with Crippen molar-refractivity contribution in [2.45, 2.75) is 13.5 Å². The van der Waals surface area contributed by atoms with Gasteiger partial charge in [-0.05, 0) is 46.6 Å². The average molecular weight is 364 g/mol. The maximum Gasteiger partial charge on any atom is 0.251 e. The minimum atomic E-state index is -0.191. The predicted molar refractivity (Wildman–Crippen MR) is 88.3 cm³/mol. The van der Waals surface area contributed by atoms with Gasteiger partial charge in [-0.15, -0.1) is 11.3 Å². The monoisotopic (exact) mass is 363 g/mol. The second-order valence-electron chi connectivity index (χ2n) is 4.40.